The van der Waals surface area contributed by atoms with Crippen molar-refractivity contribution in [3.05, 3.63) is 198 Å². The molecule has 72 heavy (non-hydrogen) atoms. The molecular weight excluding hydrogens is 1100 g/mol. The Hall–Kier alpha value is -6.84. The molecule has 3 heterocycles. The Morgan fingerprint density at radius 2 is 1.04 bits per heavy atom. The average Bonchev–Trinajstić information content (AvgIpc) is 3.83. The number of para-hydroxylation sites is 3. The molecule has 0 saturated carbocycles. The standard InChI is InChI=1S/C60H49F6N4O.Pt/c1-58(2,3)34-20-21-67-54(26-34)70-50-15-11-10-14-42(50)43-19-18-40(32-53(43)70)71-41-23-35(59(4,5)6)22-39(31-41)68-33-69(52-17-13-12-16-51(52)68)57-44(55-46(63)27-37(61)28-47(55)64)24-36(60(7,8)9)25-45(57)56-48(65)29-38(62)30-49(56)66;/h10-30,33H,1-9H3;/q-3;. The Morgan fingerprint density at radius 1 is 0.514 bits per heavy atom. The van der Waals surface area contributed by atoms with Crippen LogP contribution in [0, 0.1) is 53.7 Å². The van der Waals surface area contributed by atoms with E-state index in [2.05, 4.69) is 76.4 Å². The number of nitrogens with zero attached hydrogens (tertiary/aromatic N) is 4. The van der Waals surface area contributed by atoms with Crippen molar-refractivity contribution in [2.75, 3.05) is 9.80 Å². The third kappa shape index (κ3) is 9.06. The average molecular weight is 1150 g/mol. The minimum absolute atomic E-state index is 0. The zero-order valence-electron chi connectivity index (χ0n) is 41.0. The van der Waals surface area contributed by atoms with Gasteiger partial charge in [-0.3, -0.25) is 0 Å². The van der Waals surface area contributed by atoms with Gasteiger partial charge in [-0.05, 0) is 75.2 Å². The van der Waals surface area contributed by atoms with Crippen LogP contribution in [0.1, 0.15) is 79.0 Å². The second-order valence-corrected chi connectivity index (χ2v) is 21.1. The van der Waals surface area contributed by atoms with Crippen molar-refractivity contribution >= 4 is 44.6 Å². The number of halogens is 6. The molecule has 0 atom stereocenters. The van der Waals surface area contributed by atoms with E-state index in [4.69, 9.17) is 9.72 Å². The Kier molecular flexibility index (Phi) is 12.8. The zero-order chi connectivity index (χ0) is 50.5. The van der Waals surface area contributed by atoms with Crippen molar-refractivity contribution in [3.63, 3.8) is 0 Å². The van der Waals surface area contributed by atoms with Crippen LogP contribution in [0.25, 0.3) is 49.9 Å². The molecule has 7 aromatic carbocycles. The summed E-state index contributed by atoms with van der Waals surface area (Å²) in [5.41, 5.74) is 2.84. The van der Waals surface area contributed by atoms with Gasteiger partial charge in [0.1, 0.15) is 40.7 Å². The molecule has 0 fully saturated rings. The molecule has 0 aliphatic carbocycles. The molecule has 9 aromatic rings. The molecule has 0 unspecified atom stereocenters. The van der Waals surface area contributed by atoms with Gasteiger partial charge >= 0.3 is 0 Å². The number of ether oxygens (including phenoxy) is 1. The molecule has 1 aliphatic heterocycles. The minimum Gasteiger partial charge on any atom is -0.509 e. The summed E-state index contributed by atoms with van der Waals surface area (Å²) in [6, 6.07) is 39.4. The summed E-state index contributed by atoms with van der Waals surface area (Å²) in [6.07, 6.45) is 1.82. The van der Waals surface area contributed by atoms with Crippen LogP contribution in [-0.4, -0.2) is 9.55 Å². The van der Waals surface area contributed by atoms with Gasteiger partial charge in [-0.15, -0.1) is 53.6 Å². The van der Waals surface area contributed by atoms with E-state index in [1.165, 1.54) is 0 Å². The van der Waals surface area contributed by atoms with Crippen molar-refractivity contribution < 1.29 is 52.1 Å². The van der Waals surface area contributed by atoms with Gasteiger partial charge in [0.15, 0.2) is 0 Å². The molecule has 1 aliphatic rings. The van der Waals surface area contributed by atoms with Crippen molar-refractivity contribution in [1.82, 2.24) is 9.55 Å². The zero-order valence-corrected chi connectivity index (χ0v) is 43.3. The van der Waals surface area contributed by atoms with Crippen LogP contribution >= 0.6 is 0 Å². The first kappa shape index (κ1) is 50.1. The third-order valence-electron chi connectivity index (χ3n) is 13.0. The predicted octanol–water partition coefficient (Wildman–Crippen LogP) is 17.0. The number of aromatic nitrogens is 2. The van der Waals surface area contributed by atoms with Crippen molar-refractivity contribution in [1.29, 1.82) is 0 Å². The molecule has 0 bridgehead atoms. The van der Waals surface area contributed by atoms with E-state index in [0.717, 1.165) is 38.8 Å². The summed E-state index contributed by atoms with van der Waals surface area (Å²) >= 11 is 0. The molecule has 0 N–H and O–H groups in total. The Balaban J connectivity index is 0.00000640. The number of benzene rings is 7. The fourth-order valence-electron chi connectivity index (χ4n) is 9.23. The molecule has 0 radical (unpaired) electrons. The van der Waals surface area contributed by atoms with Gasteiger partial charge in [0.25, 0.3) is 0 Å². The van der Waals surface area contributed by atoms with Crippen molar-refractivity contribution in [2.24, 2.45) is 0 Å². The first-order chi connectivity index (χ1) is 33.5. The van der Waals surface area contributed by atoms with Gasteiger partial charge in [0.2, 0.25) is 0 Å². The van der Waals surface area contributed by atoms with Crippen LogP contribution in [0.3, 0.4) is 0 Å². The fourth-order valence-corrected chi connectivity index (χ4v) is 9.23. The summed E-state index contributed by atoms with van der Waals surface area (Å²) in [4.78, 5) is 8.20. The quantitative estimate of drug-likeness (QED) is 0.118. The molecule has 5 nitrogen and oxygen atoms in total. The summed E-state index contributed by atoms with van der Waals surface area (Å²) < 4.78 is 103. The van der Waals surface area contributed by atoms with Crippen LogP contribution in [0.15, 0.2) is 128 Å². The molecule has 0 amide bonds. The number of fused-ring (bicyclic) bond motifs is 4. The maximum absolute atomic E-state index is 16.2. The molecule has 0 spiro atoms. The number of rotatable bonds is 7. The largest absolute Gasteiger partial charge is 0.509 e. The minimum atomic E-state index is -1.23. The van der Waals surface area contributed by atoms with Crippen LogP contribution in [-0.2, 0) is 37.3 Å². The number of anilines is 4. The second kappa shape index (κ2) is 18.3. The summed E-state index contributed by atoms with van der Waals surface area (Å²) in [6.45, 7) is 19.8. The van der Waals surface area contributed by atoms with Crippen LogP contribution in [0.4, 0.5) is 49.1 Å². The van der Waals surface area contributed by atoms with Gasteiger partial charge < -0.3 is 19.1 Å². The molecular formula is C60H49F6N4OPt-3. The summed E-state index contributed by atoms with van der Waals surface area (Å²) in [7, 11) is 0. The maximum atomic E-state index is 16.2. The van der Waals surface area contributed by atoms with Gasteiger partial charge in [-0.25, -0.2) is 31.3 Å². The normalized spacial score (nSPS) is 13.0. The molecule has 12 heteroatoms. The van der Waals surface area contributed by atoms with E-state index < -0.39 is 56.9 Å². The molecule has 10 rings (SSSR count). The Labute approximate surface area is 430 Å². The van der Waals surface area contributed by atoms with Crippen LogP contribution in [0.2, 0.25) is 0 Å². The summed E-state index contributed by atoms with van der Waals surface area (Å²) in [5, 5.41) is 1.99. The fraction of sp³-hybridized carbons (Fsp3) is 0.200. The van der Waals surface area contributed by atoms with Gasteiger partial charge in [-0.2, -0.15) is 6.07 Å². The second-order valence-electron chi connectivity index (χ2n) is 21.1. The van der Waals surface area contributed by atoms with Crippen LogP contribution in [0.5, 0.6) is 11.5 Å². The van der Waals surface area contributed by atoms with E-state index in [1.807, 2.05) is 81.6 Å². The molecule has 2 aromatic heterocycles. The topological polar surface area (TPSA) is 33.5 Å². The summed E-state index contributed by atoms with van der Waals surface area (Å²) in [5.74, 6) is -5.72. The van der Waals surface area contributed by atoms with E-state index in [1.54, 1.807) is 40.7 Å². The van der Waals surface area contributed by atoms with Crippen LogP contribution < -0.4 is 14.5 Å². The molecule has 0 saturated heterocycles. The first-order valence-electron chi connectivity index (χ1n) is 23.2. The Bertz CT molecular complexity index is 3480. The number of hydrogen-bond donors (Lipinski definition) is 0. The smallest absolute Gasteiger partial charge is 0.136 e. The van der Waals surface area contributed by atoms with Gasteiger partial charge in [0, 0.05) is 96.7 Å². The molecule has 370 valence electrons. The van der Waals surface area contributed by atoms with Gasteiger partial charge in [-0.1, -0.05) is 98.2 Å². The van der Waals surface area contributed by atoms with E-state index >= 15 is 17.6 Å². The Morgan fingerprint density at radius 3 is 1.61 bits per heavy atom. The first-order valence-corrected chi connectivity index (χ1v) is 23.2. The van der Waals surface area contributed by atoms with Gasteiger partial charge in [0.05, 0.1) is 11.1 Å². The van der Waals surface area contributed by atoms with Crippen molar-refractivity contribution in [3.8, 4) is 39.6 Å². The predicted molar refractivity (Wildman–Crippen MR) is 271 cm³/mol. The third-order valence-corrected chi connectivity index (χ3v) is 13.0. The van der Waals surface area contributed by atoms with E-state index in [9.17, 15) is 8.78 Å². The van der Waals surface area contributed by atoms with E-state index in [0.29, 0.717) is 58.4 Å². The SMILES string of the molecule is CC(C)(C)c1cc(Oc2[c-]c3c(cc2)c2ccccc2n3-c2cc(C(C)(C)C)ccn2)[c-]c(N2[CH-]N(c3c(-c4c(F)cc(F)cc4F)cc(C(C)(C)C)cc3-c3c(F)cc(F)cc3F)c3ccccc32)c1.[Pt]. The monoisotopic (exact) mass is 1150 g/mol. The van der Waals surface area contributed by atoms with Crippen molar-refractivity contribution in [2.45, 2.75) is 78.6 Å². The number of hydrogen-bond acceptors (Lipinski definition) is 4. The number of pyridine rings is 1. The maximum Gasteiger partial charge on any atom is 0.136 e. The van der Waals surface area contributed by atoms with E-state index in [-0.39, 0.29) is 43.3 Å².